The van der Waals surface area contributed by atoms with E-state index in [-0.39, 0.29) is 32.8 Å². The molecule has 0 saturated carbocycles. The maximum atomic E-state index is 10.9. The molecule has 0 saturated heterocycles. The summed E-state index contributed by atoms with van der Waals surface area (Å²) in [5, 5.41) is 21.3. The standard InChI is InChI=1S/C26H30O4Se/c27-23(19-29-17-21-10-4-1-5-11-21)16-25(28)26(31-24-14-8-3-9-15-24)20-30-18-22-12-6-2-7-13-22/h1-15,23,25-28H,16-20H2/t23-,25+,26+/m0/s1. The number of benzene rings is 3. The molecule has 2 N–H and O–H groups in total. The summed E-state index contributed by atoms with van der Waals surface area (Å²) >= 11 is 0.0297. The molecule has 5 heteroatoms. The molecule has 3 rings (SSSR count). The quantitative estimate of drug-likeness (QED) is 0.365. The molecule has 0 fully saturated rings. The predicted octanol–water partition coefficient (Wildman–Crippen LogP) is 3.35. The Morgan fingerprint density at radius 2 is 1.13 bits per heavy atom. The Balaban J connectivity index is 1.49. The third-order valence-corrected chi connectivity index (χ3v) is 7.51. The summed E-state index contributed by atoms with van der Waals surface area (Å²) in [7, 11) is 0. The van der Waals surface area contributed by atoms with Gasteiger partial charge in [0.05, 0.1) is 0 Å². The number of aliphatic hydroxyl groups is 2. The maximum absolute atomic E-state index is 10.9. The van der Waals surface area contributed by atoms with Crippen molar-refractivity contribution < 1.29 is 19.7 Å². The minimum absolute atomic E-state index is 0.0297. The number of hydrogen-bond donors (Lipinski definition) is 2. The summed E-state index contributed by atoms with van der Waals surface area (Å²) in [5.74, 6) is 0. The Labute approximate surface area is 191 Å². The van der Waals surface area contributed by atoms with E-state index in [1.54, 1.807) is 0 Å². The molecular weight excluding hydrogens is 455 g/mol. The molecule has 31 heavy (non-hydrogen) atoms. The molecule has 0 aliphatic heterocycles. The van der Waals surface area contributed by atoms with Gasteiger partial charge < -0.3 is 0 Å². The van der Waals surface area contributed by atoms with Gasteiger partial charge in [0.1, 0.15) is 0 Å². The van der Waals surface area contributed by atoms with Crippen LogP contribution in [0.1, 0.15) is 17.5 Å². The average molecular weight is 485 g/mol. The zero-order valence-corrected chi connectivity index (χ0v) is 19.3. The van der Waals surface area contributed by atoms with Crippen LogP contribution >= 0.6 is 0 Å². The average Bonchev–Trinajstić information content (AvgIpc) is 2.80. The summed E-state index contributed by atoms with van der Waals surface area (Å²) in [6.07, 6.45) is -1.11. The molecule has 0 aliphatic rings. The first kappa shape index (κ1) is 23.7. The van der Waals surface area contributed by atoms with Crippen LogP contribution in [0.2, 0.25) is 4.82 Å². The molecule has 0 aromatic heterocycles. The van der Waals surface area contributed by atoms with Crippen LogP contribution in [0.15, 0.2) is 91.0 Å². The van der Waals surface area contributed by atoms with Gasteiger partial charge in [-0.15, -0.1) is 0 Å². The van der Waals surface area contributed by atoms with Crippen LogP contribution < -0.4 is 4.46 Å². The van der Waals surface area contributed by atoms with Crippen molar-refractivity contribution >= 4 is 19.4 Å². The van der Waals surface area contributed by atoms with Crippen molar-refractivity contribution in [3.63, 3.8) is 0 Å². The first-order valence-corrected chi connectivity index (χ1v) is 12.4. The third kappa shape index (κ3) is 8.96. The molecule has 0 bridgehead atoms. The molecule has 0 amide bonds. The fourth-order valence-corrected chi connectivity index (χ4v) is 5.45. The molecule has 164 valence electrons. The third-order valence-electron chi connectivity index (χ3n) is 4.79. The van der Waals surface area contributed by atoms with E-state index in [1.807, 2.05) is 78.9 Å². The van der Waals surface area contributed by atoms with Crippen LogP contribution in [-0.4, -0.2) is 50.6 Å². The van der Waals surface area contributed by atoms with Gasteiger partial charge in [0.25, 0.3) is 0 Å². The number of rotatable bonds is 13. The van der Waals surface area contributed by atoms with Gasteiger partial charge in [0.2, 0.25) is 0 Å². The van der Waals surface area contributed by atoms with E-state index in [0.29, 0.717) is 19.8 Å². The molecule has 3 aromatic rings. The Morgan fingerprint density at radius 1 is 0.645 bits per heavy atom. The summed E-state index contributed by atoms with van der Waals surface area (Å²) < 4.78 is 12.8. The summed E-state index contributed by atoms with van der Waals surface area (Å²) in [4.78, 5) is -0.0533. The predicted molar refractivity (Wildman–Crippen MR) is 124 cm³/mol. The van der Waals surface area contributed by atoms with E-state index in [1.165, 1.54) is 4.46 Å². The summed E-state index contributed by atoms with van der Waals surface area (Å²) in [5.41, 5.74) is 2.17. The van der Waals surface area contributed by atoms with E-state index in [9.17, 15) is 10.2 Å². The second kappa shape index (κ2) is 13.4. The van der Waals surface area contributed by atoms with E-state index in [2.05, 4.69) is 12.1 Å². The van der Waals surface area contributed by atoms with Crippen LogP contribution in [-0.2, 0) is 22.7 Å². The summed E-state index contributed by atoms with van der Waals surface area (Å²) in [6.45, 7) is 1.60. The van der Waals surface area contributed by atoms with Crippen molar-refractivity contribution in [2.45, 2.75) is 36.7 Å². The van der Waals surface area contributed by atoms with Crippen molar-refractivity contribution in [2.75, 3.05) is 13.2 Å². The first-order valence-electron chi connectivity index (χ1n) is 10.5. The molecule has 0 heterocycles. The molecule has 0 unspecified atom stereocenters. The van der Waals surface area contributed by atoms with Gasteiger partial charge in [-0.05, 0) is 0 Å². The normalized spacial score (nSPS) is 14.1. The molecule has 4 nitrogen and oxygen atoms in total. The van der Waals surface area contributed by atoms with Gasteiger partial charge in [-0.2, -0.15) is 0 Å². The number of hydrogen-bond acceptors (Lipinski definition) is 4. The van der Waals surface area contributed by atoms with Crippen molar-refractivity contribution in [1.29, 1.82) is 0 Å². The Bertz CT molecular complexity index is 845. The summed E-state index contributed by atoms with van der Waals surface area (Å²) in [6, 6.07) is 30.1. The van der Waals surface area contributed by atoms with Gasteiger partial charge in [0.15, 0.2) is 0 Å². The van der Waals surface area contributed by atoms with Crippen molar-refractivity contribution in [3.05, 3.63) is 102 Å². The molecule has 0 aliphatic carbocycles. The molecule has 3 aromatic carbocycles. The van der Waals surface area contributed by atoms with Crippen molar-refractivity contribution in [3.8, 4) is 0 Å². The first-order chi connectivity index (χ1) is 15.2. The fourth-order valence-electron chi connectivity index (χ4n) is 3.15. The van der Waals surface area contributed by atoms with Crippen LogP contribution in [0, 0.1) is 0 Å². The van der Waals surface area contributed by atoms with Crippen LogP contribution in [0.5, 0.6) is 0 Å². The molecule has 0 spiro atoms. The van der Waals surface area contributed by atoms with Crippen molar-refractivity contribution in [1.82, 2.24) is 0 Å². The fraction of sp³-hybridized carbons (Fsp3) is 0.308. The number of ether oxygens (including phenoxy) is 2. The Kier molecular flexibility index (Phi) is 10.3. The van der Waals surface area contributed by atoms with Crippen molar-refractivity contribution in [2.24, 2.45) is 0 Å². The van der Waals surface area contributed by atoms with Gasteiger partial charge in [-0.25, -0.2) is 0 Å². The van der Waals surface area contributed by atoms with Gasteiger partial charge in [-0.1, -0.05) is 0 Å². The van der Waals surface area contributed by atoms with Gasteiger partial charge in [0, 0.05) is 0 Å². The van der Waals surface area contributed by atoms with Crippen LogP contribution in [0.3, 0.4) is 0 Å². The van der Waals surface area contributed by atoms with E-state index < -0.39 is 12.2 Å². The second-order valence-electron chi connectivity index (χ2n) is 7.43. The van der Waals surface area contributed by atoms with Gasteiger partial charge in [-0.3, -0.25) is 0 Å². The van der Waals surface area contributed by atoms with E-state index >= 15 is 0 Å². The number of aliphatic hydroxyl groups excluding tert-OH is 2. The topological polar surface area (TPSA) is 58.9 Å². The molecule has 0 radical (unpaired) electrons. The SMILES string of the molecule is O[C@H](COCc1ccccc1)C[C@@H](O)[C@@H](COCc1ccccc1)[Se]c1ccccc1. The Hall–Kier alpha value is -1.98. The molecule has 3 atom stereocenters. The van der Waals surface area contributed by atoms with Crippen LogP contribution in [0.4, 0.5) is 0 Å². The zero-order chi connectivity index (χ0) is 21.7. The van der Waals surface area contributed by atoms with E-state index in [4.69, 9.17) is 9.47 Å². The molecular formula is C26H30O4Se. The second-order valence-corrected chi connectivity index (χ2v) is 10.2. The minimum atomic E-state index is -0.720. The van der Waals surface area contributed by atoms with Gasteiger partial charge >= 0.3 is 191 Å². The van der Waals surface area contributed by atoms with Crippen LogP contribution in [0.25, 0.3) is 0 Å². The zero-order valence-electron chi connectivity index (χ0n) is 17.5. The monoisotopic (exact) mass is 486 g/mol. The Morgan fingerprint density at radius 3 is 1.68 bits per heavy atom. The van der Waals surface area contributed by atoms with E-state index in [0.717, 1.165) is 11.1 Å².